The van der Waals surface area contributed by atoms with Crippen molar-refractivity contribution >= 4 is 5.97 Å². The van der Waals surface area contributed by atoms with Gasteiger partial charge in [-0.2, -0.15) is 0 Å². The van der Waals surface area contributed by atoms with Crippen LogP contribution in [0.25, 0.3) is 0 Å². The van der Waals surface area contributed by atoms with Crippen LogP contribution in [0.4, 0.5) is 0 Å². The smallest absolute Gasteiger partial charge is 0.336 e. The molecular formula is C20H26O3. The van der Waals surface area contributed by atoms with E-state index in [9.17, 15) is 15.0 Å². The van der Waals surface area contributed by atoms with Crippen molar-refractivity contribution in [1.82, 2.24) is 0 Å². The van der Waals surface area contributed by atoms with E-state index in [1.54, 1.807) is 23.8 Å². The Morgan fingerprint density at radius 2 is 2.00 bits per heavy atom. The fourth-order valence-corrected chi connectivity index (χ4v) is 4.42. The van der Waals surface area contributed by atoms with Gasteiger partial charge >= 0.3 is 5.97 Å². The first-order valence-corrected chi connectivity index (χ1v) is 8.62. The summed E-state index contributed by atoms with van der Waals surface area (Å²) in [7, 11) is 0. The zero-order valence-electron chi connectivity index (χ0n) is 14.0. The van der Waals surface area contributed by atoms with Crippen molar-refractivity contribution in [1.29, 1.82) is 0 Å². The van der Waals surface area contributed by atoms with E-state index < -0.39 is 12.1 Å². The van der Waals surface area contributed by atoms with Gasteiger partial charge in [-0.05, 0) is 61.5 Å². The first kappa shape index (κ1) is 16.3. The quantitative estimate of drug-likeness (QED) is 0.793. The second-order valence-corrected chi connectivity index (χ2v) is 7.66. The molecule has 0 amide bonds. The molecule has 0 aromatic heterocycles. The van der Waals surface area contributed by atoms with Gasteiger partial charge in [-0.25, -0.2) is 4.79 Å². The molecule has 0 radical (unpaired) electrons. The van der Waals surface area contributed by atoms with Crippen molar-refractivity contribution in [3.8, 4) is 0 Å². The number of aromatic carboxylic acids is 1. The van der Waals surface area contributed by atoms with Gasteiger partial charge in [-0.1, -0.05) is 43.2 Å². The van der Waals surface area contributed by atoms with Gasteiger partial charge in [-0.15, -0.1) is 0 Å². The van der Waals surface area contributed by atoms with Gasteiger partial charge in [0.25, 0.3) is 0 Å². The van der Waals surface area contributed by atoms with Gasteiger partial charge in [0.05, 0.1) is 11.7 Å². The lowest BCUT2D eigenvalue weighted by atomic mass is 9.64. The maximum Gasteiger partial charge on any atom is 0.336 e. The molecule has 3 heteroatoms. The molecule has 2 aliphatic carbocycles. The Morgan fingerprint density at radius 3 is 2.74 bits per heavy atom. The van der Waals surface area contributed by atoms with Crippen LogP contribution in [0.2, 0.25) is 0 Å². The molecule has 1 aromatic carbocycles. The first-order valence-electron chi connectivity index (χ1n) is 8.62. The molecule has 3 nitrogen and oxygen atoms in total. The normalized spacial score (nSPS) is 24.9. The Bertz CT molecular complexity index is 642. The van der Waals surface area contributed by atoms with E-state index in [1.165, 1.54) is 24.8 Å². The Morgan fingerprint density at radius 1 is 1.26 bits per heavy atom. The predicted octanol–water partition coefficient (Wildman–Crippen LogP) is 4.73. The number of rotatable bonds is 3. The monoisotopic (exact) mass is 314 g/mol. The van der Waals surface area contributed by atoms with E-state index >= 15 is 0 Å². The summed E-state index contributed by atoms with van der Waals surface area (Å²) in [5, 5.41) is 20.2. The molecule has 2 atom stereocenters. The van der Waals surface area contributed by atoms with E-state index in [4.69, 9.17) is 0 Å². The summed E-state index contributed by atoms with van der Waals surface area (Å²) in [5.74, 6) is -0.847. The summed E-state index contributed by atoms with van der Waals surface area (Å²) in [6, 6.07) is 6.86. The number of carboxylic acid groups (broad SMARTS) is 1. The van der Waals surface area contributed by atoms with Gasteiger partial charge in [-0.3, -0.25) is 0 Å². The molecule has 0 aliphatic heterocycles. The van der Waals surface area contributed by atoms with E-state index in [2.05, 4.69) is 13.8 Å². The van der Waals surface area contributed by atoms with Crippen molar-refractivity contribution < 1.29 is 15.0 Å². The molecule has 0 spiro atoms. The predicted molar refractivity (Wildman–Crippen MR) is 90.4 cm³/mol. The standard InChI is InChI=1S/C20H26O3/c1-20(2)11-5-6-13-9-10-14(12-17(13)20)18(21)15-7-3-4-8-16(15)19(22)23/h3-4,7-8,14,18,21H,5-6,9-12H2,1-2H3,(H,22,23). The van der Waals surface area contributed by atoms with Crippen LogP contribution in [0, 0.1) is 11.3 Å². The average molecular weight is 314 g/mol. The van der Waals surface area contributed by atoms with E-state index in [1.807, 2.05) is 6.07 Å². The summed E-state index contributed by atoms with van der Waals surface area (Å²) in [6.07, 6.45) is 5.88. The van der Waals surface area contributed by atoms with Crippen molar-refractivity contribution in [2.45, 2.75) is 58.5 Å². The van der Waals surface area contributed by atoms with E-state index in [-0.39, 0.29) is 16.9 Å². The Balaban J connectivity index is 1.87. The van der Waals surface area contributed by atoms with Gasteiger partial charge in [0.1, 0.15) is 0 Å². The summed E-state index contributed by atoms with van der Waals surface area (Å²) in [6.45, 7) is 4.61. The van der Waals surface area contributed by atoms with Crippen LogP contribution in [0.3, 0.4) is 0 Å². The van der Waals surface area contributed by atoms with Crippen LogP contribution in [0.1, 0.15) is 74.4 Å². The number of carboxylic acids is 1. The van der Waals surface area contributed by atoms with Crippen molar-refractivity contribution in [3.63, 3.8) is 0 Å². The van der Waals surface area contributed by atoms with Crippen LogP contribution in [-0.2, 0) is 0 Å². The summed E-state index contributed by atoms with van der Waals surface area (Å²) in [4.78, 5) is 11.4. The Kier molecular flexibility index (Phi) is 4.33. The van der Waals surface area contributed by atoms with Crippen LogP contribution < -0.4 is 0 Å². The molecule has 124 valence electrons. The molecule has 3 rings (SSSR count). The highest BCUT2D eigenvalue weighted by molar-refractivity contribution is 5.89. The molecule has 0 heterocycles. The van der Waals surface area contributed by atoms with E-state index in [0.717, 1.165) is 19.3 Å². The minimum atomic E-state index is -0.964. The third kappa shape index (κ3) is 3.07. The number of aliphatic hydroxyl groups excluding tert-OH is 1. The second kappa shape index (κ2) is 6.12. The molecule has 0 fully saturated rings. The third-order valence-corrected chi connectivity index (χ3v) is 5.76. The summed E-state index contributed by atoms with van der Waals surface area (Å²) >= 11 is 0. The number of hydrogen-bond donors (Lipinski definition) is 2. The lowest BCUT2D eigenvalue weighted by Crippen LogP contribution is -2.28. The second-order valence-electron chi connectivity index (χ2n) is 7.66. The highest BCUT2D eigenvalue weighted by Crippen LogP contribution is 2.50. The molecule has 23 heavy (non-hydrogen) atoms. The maximum atomic E-state index is 11.4. The minimum absolute atomic E-state index is 0.117. The van der Waals surface area contributed by atoms with Gasteiger partial charge in [0.2, 0.25) is 0 Å². The van der Waals surface area contributed by atoms with Gasteiger partial charge < -0.3 is 10.2 Å². The zero-order valence-corrected chi connectivity index (χ0v) is 14.0. The van der Waals surface area contributed by atoms with Crippen LogP contribution >= 0.6 is 0 Å². The fraction of sp³-hybridized carbons (Fsp3) is 0.550. The summed E-state index contributed by atoms with van der Waals surface area (Å²) < 4.78 is 0. The number of allylic oxidation sites excluding steroid dienone is 2. The van der Waals surface area contributed by atoms with Crippen molar-refractivity contribution in [3.05, 3.63) is 46.5 Å². The molecule has 1 aromatic rings. The SMILES string of the molecule is CC1(C)CCCC2=C1CC(C(O)c1ccccc1C(=O)O)CC2. The fourth-order valence-electron chi connectivity index (χ4n) is 4.42. The van der Waals surface area contributed by atoms with Crippen molar-refractivity contribution in [2.75, 3.05) is 0 Å². The number of hydrogen-bond acceptors (Lipinski definition) is 2. The first-order chi connectivity index (χ1) is 10.9. The average Bonchev–Trinajstić information content (AvgIpc) is 2.54. The lowest BCUT2D eigenvalue weighted by molar-refractivity contribution is 0.0667. The van der Waals surface area contributed by atoms with Crippen LogP contribution in [0.5, 0.6) is 0 Å². The minimum Gasteiger partial charge on any atom is -0.478 e. The molecule has 2 unspecified atom stereocenters. The number of aliphatic hydroxyl groups is 1. The maximum absolute atomic E-state index is 11.4. The molecule has 2 N–H and O–H groups in total. The Hall–Kier alpha value is -1.61. The molecule has 0 saturated carbocycles. The molecular weight excluding hydrogens is 288 g/mol. The largest absolute Gasteiger partial charge is 0.478 e. The van der Waals surface area contributed by atoms with Gasteiger partial charge in [0, 0.05) is 0 Å². The zero-order chi connectivity index (χ0) is 16.6. The molecule has 2 aliphatic rings. The number of carbonyl (C=O) groups is 1. The topological polar surface area (TPSA) is 57.5 Å². The van der Waals surface area contributed by atoms with E-state index in [0.29, 0.717) is 5.56 Å². The van der Waals surface area contributed by atoms with Gasteiger partial charge in [0.15, 0.2) is 0 Å². The highest BCUT2D eigenvalue weighted by Gasteiger charge is 2.36. The highest BCUT2D eigenvalue weighted by atomic mass is 16.4. The van der Waals surface area contributed by atoms with Crippen LogP contribution in [0.15, 0.2) is 35.4 Å². The molecule has 0 bridgehead atoms. The summed E-state index contributed by atoms with van der Waals surface area (Å²) in [5.41, 5.74) is 4.12. The lowest BCUT2D eigenvalue weighted by Gasteiger charge is -2.41. The van der Waals surface area contributed by atoms with Crippen LogP contribution in [-0.4, -0.2) is 16.2 Å². The Labute approximate surface area is 138 Å². The number of benzene rings is 1. The molecule has 0 saturated heterocycles. The third-order valence-electron chi connectivity index (χ3n) is 5.76. The van der Waals surface area contributed by atoms with Crippen molar-refractivity contribution in [2.24, 2.45) is 11.3 Å².